The van der Waals surface area contributed by atoms with E-state index in [0.29, 0.717) is 33.9 Å². The van der Waals surface area contributed by atoms with Gasteiger partial charge in [0.1, 0.15) is 30.3 Å². The molecule has 2 heterocycles. The number of halogens is 1. The molecular formula is C23H29ClN6O3. The molecule has 9 nitrogen and oxygen atoms in total. The van der Waals surface area contributed by atoms with Gasteiger partial charge < -0.3 is 31.4 Å². The first-order chi connectivity index (χ1) is 15.8. The number of hydrogen-bond acceptors (Lipinski definition) is 9. The number of nitrogens with one attached hydrogen (secondary N) is 1. The molecule has 0 aliphatic rings. The van der Waals surface area contributed by atoms with E-state index in [9.17, 15) is 0 Å². The van der Waals surface area contributed by atoms with Crippen molar-refractivity contribution in [2.24, 2.45) is 5.73 Å². The maximum Gasteiger partial charge on any atom is 0.213 e. The fraction of sp³-hybridized carbons (Fsp3) is 0.348. The van der Waals surface area contributed by atoms with E-state index in [1.165, 1.54) is 6.33 Å². The number of benzene rings is 1. The van der Waals surface area contributed by atoms with Gasteiger partial charge in [-0.15, -0.1) is 0 Å². The summed E-state index contributed by atoms with van der Waals surface area (Å²) < 4.78 is 11.2. The van der Waals surface area contributed by atoms with E-state index in [4.69, 9.17) is 37.6 Å². The Morgan fingerprint density at radius 3 is 2.58 bits per heavy atom. The Labute approximate surface area is 198 Å². The molecule has 0 bridgehead atoms. The van der Waals surface area contributed by atoms with Gasteiger partial charge in [-0.1, -0.05) is 11.6 Å². The minimum Gasteiger partial charge on any atom is -0.496 e. The third-order valence-corrected chi connectivity index (χ3v) is 5.66. The monoisotopic (exact) mass is 472 g/mol. The number of nitrogen functional groups attached to an aromatic ring is 1. The van der Waals surface area contributed by atoms with Crippen LogP contribution in [-0.2, 0) is 0 Å². The van der Waals surface area contributed by atoms with Crippen molar-refractivity contribution in [3.8, 4) is 22.8 Å². The Balaban J connectivity index is 2.04. The predicted molar refractivity (Wildman–Crippen MR) is 130 cm³/mol. The van der Waals surface area contributed by atoms with E-state index in [-0.39, 0.29) is 25.3 Å². The van der Waals surface area contributed by atoms with Gasteiger partial charge in [-0.05, 0) is 38.5 Å². The minimum absolute atomic E-state index is 0.0818. The standard InChI is InChI=1S/C23H29ClN6O3/c1-12-17(24)9-16(14(3)30-23-20(13(2)25)22(26)28-11-29-23)21(32-4)19(12)15-5-6-18(27-10-15)33-8-7-31/h5-6,9-11,13-14,31H,7-8,25H2,1-4H3,(H3,26,28,29,30). The van der Waals surface area contributed by atoms with Crippen LogP contribution in [0.25, 0.3) is 11.1 Å². The number of anilines is 2. The van der Waals surface area contributed by atoms with E-state index >= 15 is 0 Å². The smallest absolute Gasteiger partial charge is 0.213 e. The summed E-state index contributed by atoms with van der Waals surface area (Å²) in [6, 6.07) is 4.90. The van der Waals surface area contributed by atoms with Crippen LogP contribution >= 0.6 is 11.6 Å². The van der Waals surface area contributed by atoms with Gasteiger partial charge in [0.25, 0.3) is 0 Å². The lowest BCUT2D eigenvalue weighted by molar-refractivity contribution is 0.196. The first kappa shape index (κ1) is 24.5. The summed E-state index contributed by atoms with van der Waals surface area (Å²) in [4.78, 5) is 12.7. The number of rotatable bonds is 9. The highest BCUT2D eigenvalue weighted by Gasteiger charge is 2.23. The Kier molecular flexibility index (Phi) is 7.91. The molecular weight excluding hydrogens is 444 g/mol. The molecule has 0 fully saturated rings. The molecule has 2 aromatic heterocycles. The molecule has 6 N–H and O–H groups in total. The van der Waals surface area contributed by atoms with E-state index in [0.717, 1.165) is 22.3 Å². The lowest BCUT2D eigenvalue weighted by Gasteiger charge is -2.24. The predicted octanol–water partition coefficient (Wildman–Crippen LogP) is 3.66. The second kappa shape index (κ2) is 10.7. The van der Waals surface area contributed by atoms with E-state index in [1.54, 1.807) is 19.4 Å². The molecule has 10 heteroatoms. The normalized spacial score (nSPS) is 12.8. The molecule has 0 radical (unpaired) electrons. The highest BCUT2D eigenvalue weighted by molar-refractivity contribution is 6.32. The summed E-state index contributed by atoms with van der Waals surface area (Å²) in [7, 11) is 1.62. The number of aromatic nitrogens is 3. The van der Waals surface area contributed by atoms with Crippen molar-refractivity contribution in [3.05, 3.63) is 52.4 Å². The SMILES string of the molecule is COc1c(C(C)Nc2ncnc(N)c2C(C)N)cc(Cl)c(C)c1-c1ccc(OCCO)nc1. The largest absolute Gasteiger partial charge is 0.496 e. The van der Waals surface area contributed by atoms with Gasteiger partial charge in [-0.25, -0.2) is 15.0 Å². The summed E-state index contributed by atoms with van der Waals surface area (Å²) in [6.45, 7) is 5.82. The van der Waals surface area contributed by atoms with Gasteiger partial charge in [0, 0.05) is 40.0 Å². The summed E-state index contributed by atoms with van der Waals surface area (Å²) in [5, 5.41) is 12.9. The van der Waals surface area contributed by atoms with Crippen LogP contribution in [0.2, 0.25) is 5.02 Å². The number of ether oxygens (including phenoxy) is 2. The third kappa shape index (κ3) is 5.27. The Morgan fingerprint density at radius 2 is 1.97 bits per heavy atom. The third-order valence-electron chi connectivity index (χ3n) is 5.26. The van der Waals surface area contributed by atoms with Crippen LogP contribution in [0.4, 0.5) is 11.6 Å². The van der Waals surface area contributed by atoms with E-state index in [1.807, 2.05) is 32.9 Å². The zero-order chi connectivity index (χ0) is 24.1. The van der Waals surface area contributed by atoms with Crippen LogP contribution in [0, 0.1) is 6.92 Å². The topological polar surface area (TPSA) is 141 Å². The number of nitrogens with two attached hydrogens (primary N) is 2. The Morgan fingerprint density at radius 1 is 1.21 bits per heavy atom. The van der Waals surface area contributed by atoms with Crippen LogP contribution in [0.15, 0.2) is 30.7 Å². The summed E-state index contributed by atoms with van der Waals surface area (Å²) >= 11 is 6.63. The number of nitrogens with zero attached hydrogens (tertiary/aromatic N) is 3. The van der Waals surface area contributed by atoms with Gasteiger partial charge >= 0.3 is 0 Å². The van der Waals surface area contributed by atoms with Crippen LogP contribution in [0.1, 0.15) is 42.6 Å². The van der Waals surface area contributed by atoms with Crippen LogP contribution < -0.4 is 26.3 Å². The van der Waals surface area contributed by atoms with Crippen LogP contribution in [0.5, 0.6) is 11.6 Å². The highest BCUT2D eigenvalue weighted by Crippen LogP contribution is 2.43. The molecule has 2 unspecified atom stereocenters. The molecule has 0 aliphatic carbocycles. The van der Waals surface area contributed by atoms with Crippen molar-refractivity contribution in [3.63, 3.8) is 0 Å². The second-order valence-corrected chi connectivity index (χ2v) is 8.02. The summed E-state index contributed by atoms with van der Waals surface area (Å²) in [5.74, 6) is 1.97. The van der Waals surface area contributed by atoms with Gasteiger partial charge in [0.05, 0.1) is 25.3 Å². The van der Waals surface area contributed by atoms with Crippen LogP contribution in [0.3, 0.4) is 0 Å². The van der Waals surface area contributed by atoms with Crippen molar-refractivity contribution >= 4 is 23.2 Å². The zero-order valence-corrected chi connectivity index (χ0v) is 19.8. The molecule has 1 aromatic carbocycles. The molecule has 0 saturated heterocycles. The molecule has 3 rings (SSSR count). The maximum absolute atomic E-state index is 8.93. The van der Waals surface area contributed by atoms with Crippen molar-refractivity contribution in [1.82, 2.24) is 15.0 Å². The fourth-order valence-corrected chi connectivity index (χ4v) is 3.87. The molecule has 2 atom stereocenters. The van der Waals surface area contributed by atoms with E-state index in [2.05, 4.69) is 20.3 Å². The summed E-state index contributed by atoms with van der Waals surface area (Å²) in [5.41, 5.74) is 16.1. The maximum atomic E-state index is 8.93. The molecule has 0 saturated carbocycles. The number of aliphatic hydroxyl groups is 1. The van der Waals surface area contributed by atoms with E-state index < -0.39 is 0 Å². The van der Waals surface area contributed by atoms with Gasteiger partial charge in [-0.3, -0.25) is 0 Å². The average Bonchev–Trinajstić information content (AvgIpc) is 2.79. The van der Waals surface area contributed by atoms with Gasteiger partial charge in [0.2, 0.25) is 5.88 Å². The molecule has 0 spiro atoms. The minimum atomic E-state index is -0.349. The molecule has 3 aromatic rings. The van der Waals surface area contributed by atoms with Crippen molar-refractivity contribution < 1.29 is 14.6 Å². The van der Waals surface area contributed by atoms with Crippen molar-refractivity contribution in [2.75, 3.05) is 31.4 Å². The number of pyridine rings is 1. The van der Waals surface area contributed by atoms with Crippen LogP contribution in [-0.4, -0.2) is 40.4 Å². The fourth-order valence-electron chi connectivity index (χ4n) is 3.65. The molecule has 0 aliphatic heterocycles. The molecule has 33 heavy (non-hydrogen) atoms. The lowest BCUT2D eigenvalue weighted by Crippen LogP contribution is -2.17. The first-order valence-electron chi connectivity index (χ1n) is 10.5. The quantitative estimate of drug-likeness (QED) is 0.367. The molecule has 0 amide bonds. The molecule has 176 valence electrons. The number of hydrogen-bond donors (Lipinski definition) is 4. The van der Waals surface area contributed by atoms with Gasteiger partial charge in [0.15, 0.2) is 0 Å². The van der Waals surface area contributed by atoms with Crippen molar-refractivity contribution in [1.29, 1.82) is 0 Å². The number of aliphatic hydroxyl groups excluding tert-OH is 1. The lowest BCUT2D eigenvalue weighted by atomic mass is 9.94. The Hall–Kier alpha value is -3.14. The number of methoxy groups -OCH3 is 1. The Bertz CT molecular complexity index is 1110. The highest BCUT2D eigenvalue weighted by atomic mass is 35.5. The second-order valence-electron chi connectivity index (χ2n) is 7.61. The van der Waals surface area contributed by atoms with Crippen molar-refractivity contribution in [2.45, 2.75) is 32.9 Å². The average molecular weight is 473 g/mol. The summed E-state index contributed by atoms with van der Waals surface area (Å²) in [6.07, 6.45) is 3.09. The zero-order valence-electron chi connectivity index (χ0n) is 19.1. The van der Waals surface area contributed by atoms with Gasteiger partial charge in [-0.2, -0.15) is 0 Å². The first-order valence-corrected chi connectivity index (χ1v) is 10.9.